The molecule has 0 radical (unpaired) electrons. The molecule has 4 nitrogen and oxygen atoms in total. The van der Waals surface area contributed by atoms with Crippen molar-refractivity contribution in [3.05, 3.63) is 35.4 Å². The molecule has 23 heavy (non-hydrogen) atoms. The Balaban J connectivity index is 2.69. The number of methoxy groups -OCH3 is 1. The van der Waals surface area contributed by atoms with Crippen molar-refractivity contribution in [1.29, 1.82) is 0 Å². The van der Waals surface area contributed by atoms with Crippen molar-refractivity contribution in [1.82, 2.24) is 5.32 Å². The Morgan fingerprint density at radius 2 is 1.74 bits per heavy atom. The lowest BCUT2D eigenvalue weighted by molar-refractivity contribution is -0.127. The summed E-state index contributed by atoms with van der Waals surface area (Å²) in [5.41, 5.74) is 2.54. The molecular weight excluding hydrogens is 290 g/mol. The third kappa shape index (κ3) is 6.71. The second kappa shape index (κ2) is 9.04. The molecule has 0 fully saturated rings. The van der Waals surface area contributed by atoms with Crippen LogP contribution < -0.4 is 5.32 Å². The normalized spacial score (nSPS) is 13.2. The van der Waals surface area contributed by atoms with Gasteiger partial charge in [-0.1, -0.05) is 58.9 Å². The molecule has 4 heteroatoms. The van der Waals surface area contributed by atoms with Gasteiger partial charge < -0.3 is 14.8 Å². The number of rotatable bonds is 8. The summed E-state index contributed by atoms with van der Waals surface area (Å²) < 4.78 is 10.2. The predicted octanol–water partition coefficient (Wildman–Crippen LogP) is 3.46. The van der Waals surface area contributed by atoms with Crippen LogP contribution in [0.25, 0.3) is 0 Å². The average Bonchev–Trinajstić information content (AvgIpc) is 2.48. The Labute approximate surface area is 140 Å². The maximum absolute atomic E-state index is 12.0. The molecule has 0 heterocycles. The molecule has 0 aliphatic rings. The van der Waals surface area contributed by atoms with Gasteiger partial charge in [0.2, 0.25) is 5.91 Å². The first-order valence-electron chi connectivity index (χ1n) is 8.22. The van der Waals surface area contributed by atoms with Gasteiger partial charge in [0, 0.05) is 7.11 Å². The van der Waals surface area contributed by atoms with E-state index in [-0.39, 0.29) is 24.0 Å². The molecule has 130 valence electrons. The summed E-state index contributed by atoms with van der Waals surface area (Å²) in [6.07, 6.45) is 0. The van der Waals surface area contributed by atoms with Gasteiger partial charge in [-0.2, -0.15) is 0 Å². The maximum Gasteiger partial charge on any atom is 0.246 e. The molecule has 1 amide bonds. The monoisotopic (exact) mass is 321 g/mol. The molecule has 0 aliphatic carbocycles. The largest absolute Gasteiger partial charge is 0.382 e. The minimum absolute atomic E-state index is 0.0115. The Morgan fingerprint density at radius 3 is 2.22 bits per heavy atom. The summed E-state index contributed by atoms with van der Waals surface area (Å²) in [7, 11) is 1.61. The van der Waals surface area contributed by atoms with Crippen LogP contribution in [0.1, 0.15) is 51.8 Å². The zero-order chi connectivity index (χ0) is 17.5. The third-order valence-electron chi connectivity index (χ3n) is 3.78. The molecule has 0 aromatic heterocycles. The minimum Gasteiger partial charge on any atom is -0.382 e. The fraction of sp³-hybridized carbons (Fsp3) is 0.632. The molecule has 0 spiro atoms. The van der Waals surface area contributed by atoms with Crippen molar-refractivity contribution >= 4 is 5.91 Å². The van der Waals surface area contributed by atoms with E-state index in [4.69, 9.17) is 9.47 Å². The van der Waals surface area contributed by atoms with Crippen molar-refractivity contribution in [3.8, 4) is 0 Å². The van der Waals surface area contributed by atoms with Crippen LogP contribution in [0.15, 0.2) is 24.3 Å². The van der Waals surface area contributed by atoms with Crippen LogP contribution in [-0.4, -0.2) is 32.8 Å². The van der Waals surface area contributed by atoms with Crippen LogP contribution in [0.2, 0.25) is 0 Å². The van der Waals surface area contributed by atoms with E-state index in [1.807, 2.05) is 0 Å². The van der Waals surface area contributed by atoms with Crippen LogP contribution in [0, 0.1) is 5.92 Å². The molecule has 1 aromatic carbocycles. The molecule has 0 saturated carbocycles. The van der Waals surface area contributed by atoms with Crippen molar-refractivity contribution in [2.24, 2.45) is 5.92 Å². The summed E-state index contributed by atoms with van der Waals surface area (Å²) in [5, 5.41) is 3.06. The van der Waals surface area contributed by atoms with Gasteiger partial charge >= 0.3 is 0 Å². The number of carbonyl (C=O) groups is 1. The molecule has 1 aromatic rings. The number of hydrogen-bond acceptors (Lipinski definition) is 3. The van der Waals surface area contributed by atoms with Crippen LogP contribution in [0.5, 0.6) is 0 Å². The summed E-state index contributed by atoms with van der Waals surface area (Å²) in [6, 6.07) is 8.49. The van der Waals surface area contributed by atoms with E-state index in [9.17, 15) is 4.79 Å². The predicted molar refractivity (Wildman–Crippen MR) is 93.6 cm³/mol. The van der Waals surface area contributed by atoms with Gasteiger partial charge in [0.15, 0.2) is 0 Å². The zero-order valence-corrected chi connectivity index (χ0v) is 15.3. The lowest BCUT2D eigenvalue weighted by Gasteiger charge is -2.25. The molecule has 1 N–H and O–H groups in total. The smallest absolute Gasteiger partial charge is 0.246 e. The number of nitrogens with one attached hydrogen (secondary N) is 1. The van der Waals surface area contributed by atoms with Gasteiger partial charge in [-0.3, -0.25) is 4.79 Å². The van der Waals surface area contributed by atoms with Crippen molar-refractivity contribution < 1.29 is 14.3 Å². The highest BCUT2D eigenvalue weighted by Crippen LogP contribution is 2.26. The van der Waals surface area contributed by atoms with Gasteiger partial charge in [0.25, 0.3) is 0 Å². The van der Waals surface area contributed by atoms with Crippen LogP contribution in [0.3, 0.4) is 0 Å². The quantitative estimate of drug-likeness (QED) is 0.746. The van der Waals surface area contributed by atoms with E-state index in [1.54, 1.807) is 7.11 Å². The number of amides is 1. The summed E-state index contributed by atoms with van der Waals surface area (Å²) in [4.78, 5) is 12.0. The Morgan fingerprint density at radius 1 is 1.13 bits per heavy atom. The standard InChI is InChI=1S/C19H31NO3/c1-14(2)18(20-17(21)13-23-12-11-22-6)15-7-9-16(10-8-15)19(3,4)5/h7-10,14,18H,11-13H2,1-6H3,(H,20,21). The number of benzene rings is 1. The Hall–Kier alpha value is -1.39. The minimum atomic E-state index is -0.0975. The van der Waals surface area contributed by atoms with Crippen molar-refractivity contribution in [3.63, 3.8) is 0 Å². The van der Waals surface area contributed by atoms with E-state index in [0.717, 1.165) is 5.56 Å². The molecule has 0 aliphatic heterocycles. The average molecular weight is 321 g/mol. The van der Waals surface area contributed by atoms with Crippen LogP contribution in [0.4, 0.5) is 0 Å². The van der Waals surface area contributed by atoms with Crippen LogP contribution in [-0.2, 0) is 19.7 Å². The first-order valence-corrected chi connectivity index (χ1v) is 8.22. The highest BCUT2D eigenvalue weighted by atomic mass is 16.5. The molecule has 0 bridgehead atoms. The van der Waals surface area contributed by atoms with Crippen LogP contribution >= 0.6 is 0 Å². The molecule has 1 atom stereocenters. The Bertz CT molecular complexity index is 474. The van der Waals surface area contributed by atoms with Gasteiger partial charge in [0.05, 0.1) is 19.3 Å². The highest BCUT2D eigenvalue weighted by Gasteiger charge is 2.20. The number of ether oxygens (including phenoxy) is 2. The fourth-order valence-electron chi connectivity index (χ4n) is 2.35. The van der Waals surface area contributed by atoms with E-state index >= 15 is 0 Å². The van der Waals surface area contributed by atoms with E-state index in [2.05, 4.69) is 64.2 Å². The number of hydrogen-bond donors (Lipinski definition) is 1. The number of carbonyl (C=O) groups excluding carboxylic acids is 1. The maximum atomic E-state index is 12.0. The van der Waals surface area contributed by atoms with E-state index in [0.29, 0.717) is 19.1 Å². The second-order valence-electron chi connectivity index (χ2n) is 7.21. The zero-order valence-electron chi connectivity index (χ0n) is 15.3. The van der Waals surface area contributed by atoms with Gasteiger partial charge in [-0.25, -0.2) is 0 Å². The van der Waals surface area contributed by atoms with Gasteiger partial charge in [0.1, 0.15) is 6.61 Å². The second-order valence-corrected chi connectivity index (χ2v) is 7.21. The molecule has 1 unspecified atom stereocenters. The van der Waals surface area contributed by atoms with Crippen molar-refractivity contribution in [2.75, 3.05) is 26.9 Å². The summed E-state index contributed by atoms with van der Waals surface area (Å²) in [6.45, 7) is 11.8. The lowest BCUT2D eigenvalue weighted by atomic mass is 9.85. The summed E-state index contributed by atoms with van der Waals surface area (Å²) >= 11 is 0. The topological polar surface area (TPSA) is 47.6 Å². The third-order valence-corrected chi connectivity index (χ3v) is 3.78. The lowest BCUT2D eigenvalue weighted by Crippen LogP contribution is -2.34. The van der Waals surface area contributed by atoms with Gasteiger partial charge in [-0.15, -0.1) is 0 Å². The van der Waals surface area contributed by atoms with Gasteiger partial charge in [-0.05, 0) is 22.5 Å². The molecular formula is C19H31NO3. The SMILES string of the molecule is COCCOCC(=O)NC(c1ccc(C(C)(C)C)cc1)C(C)C. The van der Waals surface area contributed by atoms with E-state index in [1.165, 1.54) is 5.56 Å². The highest BCUT2D eigenvalue weighted by molar-refractivity contribution is 5.77. The first kappa shape index (κ1) is 19.7. The first-order chi connectivity index (χ1) is 10.8. The Kier molecular flexibility index (Phi) is 7.73. The fourth-order valence-corrected chi connectivity index (χ4v) is 2.35. The van der Waals surface area contributed by atoms with Crippen molar-refractivity contribution in [2.45, 2.75) is 46.1 Å². The van der Waals surface area contributed by atoms with E-state index < -0.39 is 0 Å². The molecule has 0 saturated heterocycles. The summed E-state index contributed by atoms with van der Waals surface area (Å²) in [5.74, 6) is 0.207. The molecule has 1 rings (SSSR count).